The number of rotatable bonds is 2. The number of imidazole rings is 1. The molecule has 2 aromatic carbocycles. The Morgan fingerprint density at radius 1 is 1.10 bits per heavy atom. The van der Waals surface area contributed by atoms with E-state index >= 15 is 0 Å². The first-order valence-electron chi connectivity index (χ1n) is 9.26. The van der Waals surface area contributed by atoms with Crippen molar-refractivity contribution in [1.82, 2.24) is 20.0 Å². The normalized spacial score (nSPS) is 21.3. The summed E-state index contributed by atoms with van der Waals surface area (Å²) in [6, 6.07) is 7.40. The molecule has 150 valence electrons. The lowest BCUT2D eigenvalue weighted by Gasteiger charge is -2.23. The Bertz CT molecular complexity index is 1100. The topological polar surface area (TPSA) is 52.2 Å². The quantitative estimate of drug-likeness (QED) is 0.651. The third-order valence-corrected chi connectivity index (χ3v) is 5.58. The van der Waals surface area contributed by atoms with Crippen molar-refractivity contribution in [2.24, 2.45) is 0 Å². The molecule has 5 nitrogen and oxygen atoms in total. The number of hydrazine groups is 1. The summed E-state index contributed by atoms with van der Waals surface area (Å²) in [5, 5.41) is 3.69. The summed E-state index contributed by atoms with van der Waals surface area (Å²) < 4.78 is 53.4. The lowest BCUT2D eigenvalue weighted by atomic mass is 10.1. The summed E-state index contributed by atoms with van der Waals surface area (Å²) in [7, 11) is 0. The molecule has 9 heteroatoms. The third kappa shape index (κ3) is 2.96. The molecule has 3 heterocycles. The number of hydrogen-bond acceptors (Lipinski definition) is 3. The van der Waals surface area contributed by atoms with E-state index in [1.54, 1.807) is 5.01 Å². The summed E-state index contributed by atoms with van der Waals surface area (Å²) in [5.74, 6) is -0.789. The lowest BCUT2D eigenvalue weighted by molar-refractivity contribution is -0.137. The standard InChI is InChI=1S/C20H16F4N4O/c21-15-9-11(19(29)28-13-5-7-27(28)8-6-13)1-3-14(15)18-25-16-4-2-12(20(22,23)24)10-17(16)26-18/h1-4,9-10,13H,5-8H2,(H,25,26). The maximum Gasteiger partial charge on any atom is 0.416 e. The molecule has 1 aromatic heterocycles. The van der Waals surface area contributed by atoms with E-state index in [1.807, 2.05) is 5.01 Å². The number of aromatic amines is 1. The van der Waals surface area contributed by atoms with Crippen LogP contribution >= 0.6 is 0 Å². The van der Waals surface area contributed by atoms with E-state index in [4.69, 9.17) is 0 Å². The number of benzene rings is 2. The van der Waals surface area contributed by atoms with E-state index in [1.165, 1.54) is 18.2 Å². The van der Waals surface area contributed by atoms with E-state index in [-0.39, 0.29) is 34.4 Å². The van der Waals surface area contributed by atoms with Gasteiger partial charge in [0.15, 0.2) is 0 Å². The minimum atomic E-state index is -4.47. The summed E-state index contributed by atoms with van der Waals surface area (Å²) in [4.78, 5) is 19.7. The Labute approximate surface area is 162 Å². The highest BCUT2D eigenvalue weighted by Crippen LogP contribution is 2.33. The second-order valence-corrected chi connectivity index (χ2v) is 7.34. The number of carbonyl (C=O) groups excluding carboxylic acids is 1. The summed E-state index contributed by atoms with van der Waals surface area (Å²) in [6.45, 7) is 1.66. The van der Waals surface area contributed by atoms with Crippen molar-refractivity contribution in [1.29, 1.82) is 0 Å². The highest BCUT2D eigenvalue weighted by atomic mass is 19.4. The van der Waals surface area contributed by atoms with Crippen molar-refractivity contribution >= 4 is 16.9 Å². The number of halogens is 4. The highest BCUT2D eigenvalue weighted by Gasteiger charge is 2.41. The van der Waals surface area contributed by atoms with Gasteiger partial charge in [-0.25, -0.2) is 14.4 Å². The van der Waals surface area contributed by atoms with Gasteiger partial charge >= 0.3 is 6.18 Å². The van der Waals surface area contributed by atoms with Gasteiger partial charge < -0.3 is 4.98 Å². The van der Waals surface area contributed by atoms with E-state index in [9.17, 15) is 22.4 Å². The molecular weight excluding hydrogens is 388 g/mol. The molecule has 5 rings (SSSR count). The number of nitrogens with zero attached hydrogens (tertiary/aromatic N) is 3. The number of aromatic nitrogens is 2. The van der Waals surface area contributed by atoms with Gasteiger partial charge in [0.05, 0.1) is 28.2 Å². The molecule has 2 saturated heterocycles. The van der Waals surface area contributed by atoms with Crippen molar-refractivity contribution < 1.29 is 22.4 Å². The molecule has 2 fully saturated rings. The van der Waals surface area contributed by atoms with Crippen molar-refractivity contribution in [2.45, 2.75) is 25.1 Å². The SMILES string of the molecule is O=C(c1ccc(-c2nc3ccc(C(F)(F)F)cc3[nH]2)c(F)c1)N1C2CCN1CC2. The Kier molecular flexibility index (Phi) is 3.92. The van der Waals surface area contributed by atoms with Crippen LogP contribution in [0, 0.1) is 5.82 Å². The van der Waals surface area contributed by atoms with Crippen LogP contribution in [-0.2, 0) is 6.18 Å². The largest absolute Gasteiger partial charge is 0.416 e. The van der Waals surface area contributed by atoms with Crippen molar-refractivity contribution in [2.75, 3.05) is 13.1 Å². The molecule has 0 saturated carbocycles. The van der Waals surface area contributed by atoms with Gasteiger partial charge in [-0.2, -0.15) is 13.2 Å². The summed E-state index contributed by atoms with van der Waals surface area (Å²) in [6.07, 6.45) is -2.63. The van der Waals surface area contributed by atoms with Gasteiger partial charge in [0, 0.05) is 18.7 Å². The van der Waals surface area contributed by atoms with Crippen molar-refractivity contribution in [3.05, 3.63) is 53.3 Å². The molecule has 0 aliphatic carbocycles. The smallest absolute Gasteiger partial charge is 0.338 e. The second kappa shape index (κ2) is 6.28. The lowest BCUT2D eigenvalue weighted by Crippen LogP contribution is -2.38. The Morgan fingerprint density at radius 3 is 2.48 bits per heavy atom. The van der Waals surface area contributed by atoms with Crippen LogP contribution in [0.4, 0.5) is 17.6 Å². The fourth-order valence-electron chi connectivity index (χ4n) is 4.12. The molecular formula is C20H16F4N4O. The molecule has 0 atom stereocenters. The van der Waals surface area contributed by atoms with Crippen LogP contribution in [0.2, 0.25) is 0 Å². The predicted molar refractivity (Wildman–Crippen MR) is 97.3 cm³/mol. The van der Waals surface area contributed by atoms with Crippen molar-refractivity contribution in [3.8, 4) is 11.4 Å². The molecule has 29 heavy (non-hydrogen) atoms. The fraction of sp³-hybridized carbons (Fsp3) is 0.300. The molecule has 1 amide bonds. The van der Waals surface area contributed by atoms with Crippen LogP contribution in [-0.4, -0.2) is 45.0 Å². The Balaban J connectivity index is 1.47. The van der Waals surface area contributed by atoms with Gasteiger partial charge in [0.1, 0.15) is 11.6 Å². The van der Waals surface area contributed by atoms with E-state index in [0.717, 1.165) is 44.1 Å². The van der Waals surface area contributed by atoms with Crippen LogP contribution in [0.15, 0.2) is 36.4 Å². The number of hydrogen-bond donors (Lipinski definition) is 1. The number of amides is 1. The molecule has 2 aliphatic heterocycles. The Morgan fingerprint density at radius 2 is 1.86 bits per heavy atom. The first-order valence-corrected chi connectivity index (χ1v) is 9.26. The zero-order valence-corrected chi connectivity index (χ0v) is 15.1. The number of alkyl halides is 3. The van der Waals surface area contributed by atoms with Gasteiger partial charge in [-0.1, -0.05) is 0 Å². The molecule has 2 aliphatic rings. The first kappa shape index (κ1) is 18.1. The van der Waals surface area contributed by atoms with Crippen LogP contribution in [0.25, 0.3) is 22.4 Å². The second-order valence-electron chi connectivity index (χ2n) is 7.34. The van der Waals surface area contributed by atoms with E-state index in [0.29, 0.717) is 5.52 Å². The van der Waals surface area contributed by atoms with E-state index in [2.05, 4.69) is 9.97 Å². The van der Waals surface area contributed by atoms with Gasteiger partial charge in [0.2, 0.25) is 0 Å². The van der Waals surface area contributed by atoms with Gasteiger partial charge in [0.25, 0.3) is 5.91 Å². The van der Waals surface area contributed by atoms with Crippen LogP contribution in [0.1, 0.15) is 28.8 Å². The Hall–Kier alpha value is -2.94. The highest BCUT2D eigenvalue weighted by molar-refractivity contribution is 5.95. The van der Waals surface area contributed by atoms with Gasteiger partial charge in [-0.05, 0) is 49.2 Å². The van der Waals surface area contributed by atoms with Crippen LogP contribution < -0.4 is 0 Å². The summed E-state index contributed by atoms with van der Waals surface area (Å²) in [5.41, 5.74) is -0.0156. The molecule has 1 N–H and O–H groups in total. The first-order chi connectivity index (χ1) is 13.8. The average Bonchev–Trinajstić information content (AvgIpc) is 3.39. The fourth-order valence-corrected chi connectivity index (χ4v) is 4.12. The number of H-pyrrole nitrogens is 1. The van der Waals surface area contributed by atoms with Gasteiger partial charge in [-0.3, -0.25) is 9.80 Å². The maximum atomic E-state index is 14.8. The molecule has 0 spiro atoms. The predicted octanol–water partition coefficient (Wildman–Crippen LogP) is 4.22. The van der Waals surface area contributed by atoms with Crippen molar-refractivity contribution in [3.63, 3.8) is 0 Å². The third-order valence-electron chi connectivity index (χ3n) is 5.58. The minimum absolute atomic E-state index is 0.0935. The molecule has 0 radical (unpaired) electrons. The zero-order chi connectivity index (χ0) is 20.3. The number of nitrogens with one attached hydrogen (secondary N) is 1. The number of carbonyl (C=O) groups is 1. The van der Waals surface area contributed by atoms with Crippen LogP contribution in [0.5, 0.6) is 0 Å². The molecule has 2 bridgehead atoms. The summed E-state index contributed by atoms with van der Waals surface area (Å²) >= 11 is 0. The monoisotopic (exact) mass is 404 g/mol. The van der Waals surface area contributed by atoms with Gasteiger partial charge in [-0.15, -0.1) is 0 Å². The number of fused-ring (bicyclic) bond motifs is 3. The zero-order valence-electron chi connectivity index (χ0n) is 15.1. The maximum absolute atomic E-state index is 14.8. The van der Waals surface area contributed by atoms with E-state index < -0.39 is 17.6 Å². The average molecular weight is 404 g/mol. The number of piperidine rings is 1. The molecule has 0 unspecified atom stereocenters. The minimum Gasteiger partial charge on any atom is -0.338 e. The van der Waals surface area contributed by atoms with Crippen LogP contribution in [0.3, 0.4) is 0 Å². The molecule has 3 aromatic rings.